The molecule has 24 heavy (non-hydrogen) atoms. The maximum absolute atomic E-state index is 5.34. The second kappa shape index (κ2) is 9.52. The van der Waals surface area contributed by atoms with Gasteiger partial charge in [0.15, 0.2) is 0 Å². The van der Waals surface area contributed by atoms with Crippen molar-refractivity contribution in [3.63, 3.8) is 0 Å². The van der Waals surface area contributed by atoms with Crippen molar-refractivity contribution in [3.8, 4) is 0 Å². The minimum Gasteiger partial charge on any atom is -0.384 e. The largest absolute Gasteiger partial charge is 0.384 e. The summed E-state index contributed by atoms with van der Waals surface area (Å²) >= 11 is 0. The maximum atomic E-state index is 5.34. The molecule has 2 aliphatic heterocycles. The number of likely N-dealkylation sites (tertiary alicyclic amines) is 1. The Morgan fingerprint density at radius 2 is 1.62 bits per heavy atom. The van der Waals surface area contributed by atoms with Gasteiger partial charge in [0.05, 0.1) is 6.61 Å². The van der Waals surface area contributed by atoms with Gasteiger partial charge in [-0.1, -0.05) is 30.3 Å². The molecule has 0 saturated carbocycles. The third-order valence-electron chi connectivity index (χ3n) is 5.45. The van der Waals surface area contributed by atoms with Gasteiger partial charge in [0.2, 0.25) is 0 Å². The summed E-state index contributed by atoms with van der Waals surface area (Å²) in [6.07, 6.45) is 2.67. The lowest BCUT2D eigenvalue weighted by atomic mass is 9.99. The van der Waals surface area contributed by atoms with Crippen LogP contribution in [-0.4, -0.2) is 80.8 Å². The molecule has 2 saturated heterocycles. The van der Waals surface area contributed by atoms with Gasteiger partial charge in [0.25, 0.3) is 0 Å². The lowest BCUT2D eigenvalue weighted by molar-refractivity contribution is 0.0744. The predicted molar refractivity (Wildman–Crippen MR) is 99.2 cm³/mol. The van der Waals surface area contributed by atoms with Crippen LogP contribution >= 0.6 is 0 Å². The molecule has 2 heterocycles. The summed E-state index contributed by atoms with van der Waals surface area (Å²) in [5.74, 6) is 0.742. The lowest BCUT2D eigenvalue weighted by Crippen LogP contribution is -2.49. The Morgan fingerprint density at radius 3 is 2.38 bits per heavy atom. The van der Waals surface area contributed by atoms with Gasteiger partial charge >= 0.3 is 0 Å². The smallest absolute Gasteiger partial charge is 0.0502 e. The summed E-state index contributed by atoms with van der Waals surface area (Å²) in [6, 6.07) is 10.8. The Labute approximate surface area is 147 Å². The number of piperazine rings is 1. The molecule has 2 fully saturated rings. The summed E-state index contributed by atoms with van der Waals surface area (Å²) in [7, 11) is 1.83. The van der Waals surface area contributed by atoms with Crippen molar-refractivity contribution in [2.24, 2.45) is 5.92 Å². The molecule has 0 amide bonds. The molecule has 0 aliphatic carbocycles. The van der Waals surface area contributed by atoms with E-state index in [4.69, 9.17) is 4.74 Å². The van der Waals surface area contributed by atoms with Gasteiger partial charge in [-0.3, -0.25) is 9.80 Å². The number of hydrogen-bond acceptors (Lipinski definition) is 4. The quantitative estimate of drug-likeness (QED) is 0.762. The third-order valence-corrected chi connectivity index (χ3v) is 5.45. The van der Waals surface area contributed by atoms with Crippen molar-refractivity contribution in [2.75, 3.05) is 66.1 Å². The fourth-order valence-electron chi connectivity index (χ4n) is 4.02. The topological polar surface area (TPSA) is 19.0 Å². The van der Waals surface area contributed by atoms with Crippen LogP contribution in [0.4, 0.5) is 0 Å². The van der Waals surface area contributed by atoms with Crippen molar-refractivity contribution in [2.45, 2.75) is 19.4 Å². The van der Waals surface area contributed by atoms with Crippen molar-refractivity contribution in [1.29, 1.82) is 0 Å². The minimum absolute atomic E-state index is 0.742. The number of ether oxygens (including phenoxy) is 1. The van der Waals surface area contributed by atoms with E-state index in [1.165, 1.54) is 70.8 Å². The molecule has 134 valence electrons. The van der Waals surface area contributed by atoms with Gasteiger partial charge in [-0.05, 0) is 30.9 Å². The van der Waals surface area contributed by atoms with E-state index in [1.807, 2.05) is 7.11 Å². The van der Waals surface area contributed by atoms with Crippen LogP contribution in [0.25, 0.3) is 0 Å². The lowest BCUT2D eigenvalue weighted by Gasteiger charge is -2.37. The molecule has 3 rings (SSSR count). The highest BCUT2D eigenvalue weighted by atomic mass is 16.5. The Morgan fingerprint density at radius 1 is 0.917 bits per heavy atom. The zero-order valence-electron chi connectivity index (χ0n) is 15.2. The molecule has 0 radical (unpaired) electrons. The zero-order chi connectivity index (χ0) is 16.6. The fourth-order valence-corrected chi connectivity index (χ4v) is 4.02. The standard InChI is InChI=1S/C20H33N3O/c1-24-18-20-8-5-9-22(17-20)13-10-21-11-14-23(15-12-21)16-19-6-3-2-4-7-19/h2-4,6-7,20H,5,8-18H2,1H3/t20-/m1/s1. The highest BCUT2D eigenvalue weighted by molar-refractivity contribution is 5.14. The Kier molecular flexibility index (Phi) is 7.09. The number of rotatable bonds is 7. The van der Waals surface area contributed by atoms with Gasteiger partial charge in [-0.15, -0.1) is 0 Å². The van der Waals surface area contributed by atoms with E-state index in [0.29, 0.717) is 0 Å². The summed E-state index contributed by atoms with van der Waals surface area (Å²) in [4.78, 5) is 7.87. The maximum Gasteiger partial charge on any atom is 0.0502 e. The third kappa shape index (κ3) is 5.55. The number of benzene rings is 1. The van der Waals surface area contributed by atoms with Crippen LogP contribution in [0.2, 0.25) is 0 Å². The SMILES string of the molecule is COC[C@@H]1CCCN(CCN2CCN(Cc3ccccc3)CC2)C1. The fraction of sp³-hybridized carbons (Fsp3) is 0.700. The van der Waals surface area contributed by atoms with Crippen LogP contribution in [0.5, 0.6) is 0 Å². The van der Waals surface area contributed by atoms with Gasteiger partial charge < -0.3 is 9.64 Å². The molecule has 0 unspecified atom stereocenters. The van der Waals surface area contributed by atoms with Crippen molar-refractivity contribution >= 4 is 0 Å². The van der Waals surface area contributed by atoms with Crippen LogP contribution in [-0.2, 0) is 11.3 Å². The first kappa shape index (κ1) is 17.9. The van der Waals surface area contributed by atoms with E-state index in [2.05, 4.69) is 45.0 Å². The zero-order valence-corrected chi connectivity index (χ0v) is 15.2. The van der Waals surface area contributed by atoms with Gasteiger partial charge in [0.1, 0.15) is 0 Å². The molecule has 1 atom stereocenters. The molecule has 2 aliphatic rings. The molecular formula is C20H33N3O. The first-order valence-electron chi connectivity index (χ1n) is 9.53. The highest BCUT2D eigenvalue weighted by Gasteiger charge is 2.21. The number of hydrogen-bond donors (Lipinski definition) is 0. The molecule has 1 aromatic carbocycles. The normalized spacial score (nSPS) is 24.3. The van der Waals surface area contributed by atoms with Crippen LogP contribution in [0.15, 0.2) is 30.3 Å². The summed E-state index contributed by atoms with van der Waals surface area (Å²) < 4.78 is 5.34. The summed E-state index contributed by atoms with van der Waals surface area (Å²) in [6.45, 7) is 11.8. The Hall–Kier alpha value is -0.940. The number of nitrogens with zero attached hydrogens (tertiary/aromatic N) is 3. The van der Waals surface area contributed by atoms with Crippen LogP contribution in [0.3, 0.4) is 0 Å². The average Bonchev–Trinajstić information content (AvgIpc) is 2.63. The summed E-state index contributed by atoms with van der Waals surface area (Å²) in [5, 5.41) is 0. The first-order valence-corrected chi connectivity index (χ1v) is 9.53. The van der Waals surface area contributed by atoms with Crippen molar-refractivity contribution in [3.05, 3.63) is 35.9 Å². The van der Waals surface area contributed by atoms with Crippen LogP contribution < -0.4 is 0 Å². The van der Waals surface area contributed by atoms with E-state index >= 15 is 0 Å². The Balaban J connectivity index is 1.33. The molecule has 0 N–H and O–H groups in total. The van der Waals surface area contributed by atoms with Crippen molar-refractivity contribution in [1.82, 2.24) is 14.7 Å². The molecule has 4 heteroatoms. The molecule has 0 spiro atoms. The van der Waals surface area contributed by atoms with Gasteiger partial charge in [-0.2, -0.15) is 0 Å². The predicted octanol–water partition coefficient (Wildman–Crippen LogP) is 2.16. The van der Waals surface area contributed by atoms with Crippen LogP contribution in [0, 0.1) is 5.92 Å². The number of piperidine rings is 1. The van der Waals surface area contributed by atoms with E-state index in [-0.39, 0.29) is 0 Å². The van der Waals surface area contributed by atoms with E-state index in [1.54, 1.807) is 0 Å². The van der Waals surface area contributed by atoms with Crippen LogP contribution in [0.1, 0.15) is 18.4 Å². The molecule has 0 bridgehead atoms. The monoisotopic (exact) mass is 331 g/mol. The second-order valence-corrected chi connectivity index (χ2v) is 7.37. The van der Waals surface area contributed by atoms with E-state index < -0.39 is 0 Å². The van der Waals surface area contributed by atoms with E-state index in [0.717, 1.165) is 19.1 Å². The molecule has 0 aromatic heterocycles. The van der Waals surface area contributed by atoms with Crippen molar-refractivity contribution < 1.29 is 4.74 Å². The first-order chi connectivity index (χ1) is 11.8. The van der Waals surface area contributed by atoms with E-state index in [9.17, 15) is 0 Å². The second-order valence-electron chi connectivity index (χ2n) is 7.37. The van der Waals surface area contributed by atoms with Gasteiger partial charge in [-0.25, -0.2) is 0 Å². The minimum atomic E-state index is 0.742. The molecule has 1 aromatic rings. The highest BCUT2D eigenvalue weighted by Crippen LogP contribution is 2.16. The molecular weight excluding hydrogens is 298 g/mol. The van der Waals surface area contributed by atoms with Gasteiger partial charge in [0, 0.05) is 59.5 Å². The molecule has 4 nitrogen and oxygen atoms in total. The average molecular weight is 332 g/mol. The summed E-state index contributed by atoms with van der Waals surface area (Å²) in [5.41, 5.74) is 1.43. The Bertz CT molecular complexity index is 457. The number of methoxy groups -OCH3 is 1.